The summed E-state index contributed by atoms with van der Waals surface area (Å²) in [5.74, 6) is -0.233. The van der Waals surface area contributed by atoms with Crippen molar-refractivity contribution in [3.63, 3.8) is 0 Å². The predicted octanol–water partition coefficient (Wildman–Crippen LogP) is 3.03. The highest BCUT2D eigenvalue weighted by Crippen LogP contribution is 2.13. The third kappa shape index (κ3) is 4.92. The fourth-order valence-electron chi connectivity index (χ4n) is 1.95. The van der Waals surface area contributed by atoms with E-state index >= 15 is 0 Å². The number of nitrogens with one attached hydrogen (secondary N) is 1. The van der Waals surface area contributed by atoms with Crippen molar-refractivity contribution in [2.75, 3.05) is 6.61 Å². The second-order valence-electron chi connectivity index (χ2n) is 5.23. The molecule has 120 valence electrons. The highest BCUT2D eigenvalue weighted by molar-refractivity contribution is 5.94. The summed E-state index contributed by atoms with van der Waals surface area (Å²) in [6.45, 7) is 3.20. The standard InChI is InChI=1S/C18H18FNO3/c1-12-6-7-14(8-17(12)19)10-20-18(22)11-23-16-5-3-4-15(9-16)13(2)21/h3-9H,10-11H2,1-2H3,(H,20,22). The molecule has 5 heteroatoms. The molecule has 0 aliphatic rings. The number of carbonyl (C=O) groups excluding carboxylic acids is 2. The van der Waals surface area contributed by atoms with Crippen LogP contribution in [0.3, 0.4) is 0 Å². The Morgan fingerprint density at radius 3 is 2.65 bits per heavy atom. The Balaban J connectivity index is 1.84. The topological polar surface area (TPSA) is 55.4 Å². The molecule has 0 aromatic heterocycles. The fourth-order valence-corrected chi connectivity index (χ4v) is 1.95. The first-order valence-corrected chi connectivity index (χ1v) is 7.21. The second-order valence-corrected chi connectivity index (χ2v) is 5.23. The molecule has 0 heterocycles. The number of ether oxygens (including phenoxy) is 1. The normalized spacial score (nSPS) is 10.2. The van der Waals surface area contributed by atoms with Gasteiger partial charge in [0.1, 0.15) is 11.6 Å². The second kappa shape index (κ2) is 7.54. The molecule has 0 bridgehead atoms. The van der Waals surface area contributed by atoms with Gasteiger partial charge in [0, 0.05) is 12.1 Å². The lowest BCUT2D eigenvalue weighted by molar-refractivity contribution is -0.123. The van der Waals surface area contributed by atoms with Gasteiger partial charge in [-0.05, 0) is 43.2 Å². The van der Waals surface area contributed by atoms with Crippen molar-refractivity contribution in [2.24, 2.45) is 0 Å². The molecule has 0 unspecified atom stereocenters. The molecule has 2 aromatic carbocycles. The van der Waals surface area contributed by atoms with E-state index in [1.807, 2.05) is 0 Å². The number of hydrogen-bond donors (Lipinski definition) is 1. The zero-order valence-electron chi connectivity index (χ0n) is 13.1. The predicted molar refractivity (Wildman–Crippen MR) is 84.9 cm³/mol. The molecule has 0 saturated heterocycles. The van der Waals surface area contributed by atoms with Crippen LogP contribution in [0.1, 0.15) is 28.4 Å². The highest BCUT2D eigenvalue weighted by atomic mass is 19.1. The summed E-state index contributed by atoms with van der Waals surface area (Å²) in [5, 5.41) is 2.66. The van der Waals surface area contributed by atoms with E-state index in [0.29, 0.717) is 22.4 Å². The monoisotopic (exact) mass is 315 g/mol. The summed E-state index contributed by atoms with van der Waals surface area (Å²) in [5.41, 5.74) is 1.77. The molecule has 0 spiro atoms. The van der Waals surface area contributed by atoms with E-state index in [1.165, 1.54) is 13.0 Å². The van der Waals surface area contributed by atoms with Crippen molar-refractivity contribution >= 4 is 11.7 Å². The molecule has 0 radical (unpaired) electrons. The number of carbonyl (C=O) groups is 2. The molecule has 23 heavy (non-hydrogen) atoms. The number of halogens is 1. The lowest BCUT2D eigenvalue weighted by atomic mass is 10.1. The number of amides is 1. The Morgan fingerprint density at radius 2 is 1.96 bits per heavy atom. The summed E-state index contributed by atoms with van der Waals surface area (Å²) in [6.07, 6.45) is 0. The Hall–Kier alpha value is -2.69. The SMILES string of the molecule is CC(=O)c1cccc(OCC(=O)NCc2ccc(C)c(F)c2)c1. The van der Waals surface area contributed by atoms with Crippen molar-refractivity contribution in [1.82, 2.24) is 5.32 Å². The smallest absolute Gasteiger partial charge is 0.258 e. The number of rotatable bonds is 6. The van der Waals surface area contributed by atoms with Gasteiger partial charge in [-0.3, -0.25) is 9.59 Å². The third-order valence-electron chi connectivity index (χ3n) is 3.34. The minimum atomic E-state index is -0.320. The van der Waals surface area contributed by atoms with E-state index in [-0.39, 0.29) is 30.7 Å². The van der Waals surface area contributed by atoms with Crippen molar-refractivity contribution < 1.29 is 18.7 Å². The highest BCUT2D eigenvalue weighted by Gasteiger charge is 2.06. The van der Waals surface area contributed by atoms with Crippen LogP contribution >= 0.6 is 0 Å². The van der Waals surface area contributed by atoms with Crippen LogP contribution in [0, 0.1) is 12.7 Å². The van der Waals surface area contributed by atoms with E-state index in [1.54, 1.807) is 43.3 Å². The molecule has 4 nitrogen and oxygen atoms in total. The van der Waals surface area contributed by atoms with E-state index in [2.05, 4.69) is 5.32 Å². The maximum Gasteiger partial charge on any atom is 0.258 e. The molecule has 1 amide bonds. The Morgan fingerprint density at radius 1 is 1.17 bits per heavy atom. The summed E-state index contributed by atoms with van der Waals surface area (Å²) >= 11 is 0. The van der Waals surface area contributed by atoms with Gasteiger partial charge in [0.15, 0.2) is 12.4 Å². The summed E-state index contributed by atoms with van der Waals surface area (Å²) < 4.78 is 18.8. The van der Waals surface area contributed by atoms with Crippen molar-refractivity contribution in [3.8, 4) is 5.75 Å². The molecule has 1 N–H and O–H groups in total. The van der Waals surface area contributed by atoms with Crippen LogP contribution in [0.5, 0.6) is 5.75 Å². The van der Waals surface area contributed by atoms with Gasteiger partial charge in [-0.1, -0.05) is 24.3 Å². The first-order chi connectivity index (χ1) is 11.0. The molecular weight excluding hydrogens is 297 g/mol. The Bertz CT molecular complexity index is 728. The number of Topliss-reactive ketones (excluding diaryl/α,β-unsaturated/α-hetero) is 1. The zero-order valence-corrected chi connectivity index (χ0v) is 13.1. The quantitative estimate of drug-likeness (QED) is 0.834. The number of ketones is 1. The molecule has 2 aromatic rings. The number of aryl methyl sites for hydroxylation is 1. The van der Waals surface area contributed by atoms with Gasteiger partial charge in [0.05, 0.1) is 0 Å². The van der Waals surface area contributed by atoms with Crippen LogP contribution in [0.15, 0.2) is 42.5 Å². The minimum absolute atomic E-state index is 0.0682. The summed E-state index contributed by atoms with van der Waals surface area (Å²) in [4.78, 5) is 23.0. The van der Waals surface area contributed by atoms with Crippen molar-refractivity contribution in [2.45, 2.75) is 20.4 Å². The zero-order chi connectivity index (χ0) is 16.8. The van der Waals surface area contributed by atoms with Crippen LogP contribution < -0.4 is 10.1 Å². The summed E-state index contributed by atoms with van der Waals surface area (Å²) in [7, 11) is 0. The average Bonchev–Trinajstić information content (AvgIpc) is 2.54. The molecule has 0 fully saturated rings. The van der Waals surface area contributed by atoms with Crippen LogP contribution in [0.2, 0.25) is 0 Å². The van der Waals surface area contributed by atoms with E-state index in [4.69, 9.17) is 4.74 Å². The molecule has 0 aliphatic carbocycles. The molecule has 2 rings (SSSR count). The van der Waals surface area contributed by atoms with E-state index in [9.17, 15) is 14.0 Å². The van der Waals surface area contributed by atoms with E-state index < -0.39 is 0 Å². The fraction of sp³-hybridized carbons (Fsp3) is 0.222. The maximum absolute atomic E-state index is 13.4. The molecule has 0 aliphatic heterocycles. The van der Waals surface area contributed by atoms with Gasteiger partial charge >= 0.3 is 0 Å². The van der Waals surface area contributed by atoms with Crippen LogP contribution in [0.4, 0.5) is 4.39 Å². The van der Waals surface area contributed by atoms with Crippen LogP contribution in [-0.4, -0.2) is 18.3 Å². The van der Waals surface area contributed by atoms with Gasteiger partial charge in [-0.2, -0.15) is 0 Å². The minimum Gasteiger partial charge on any atom is -0.484 e. The molecular formula is C18H18FNO3. The first-order valence-electron chi connectivity index (χ1n) is 7.21. The molecule has 0 atom stereocenters. The van der Waals surface area contributed by atoms with Crippen LogP contribution in [0.25, 0.3) is 0 Å². The van der Waals surface area contributed by atoms with Crippen molar-refractivity contribution in [3.05, 3.63) is 65.0 Å². The third-order valence-corrected chi connectivity index (χ3v) is 3.34. The lowest BCUT2D eigenvalue weighted by Crippen LogP contribution is -2.28. The Labute approximate surface area is 134 Å². The van der Waals surface area contributed by atoms with Gasteiger partial charge in [0.25, 0.3) is 5.91 Å². The van der Waals surface area contributed by atoms with Gasteiger partial charge in [-0.15, -0.1) is 0 Å². The van der Waals surface area contributed by atoms with Crippen molar-refractivity contribution in [1.29, 1.82) is 0 Å². The first kappa shape index (κ1) is 16.7. The Kier molecular flexibility index (Phi) is 5.46. The van der Waals surface area contributed by atoms with Crippen LogP contribution in [-0.2, 0) is 11.3 Å². The number of benzene rings is 2. The average molecular weight is 315 g/mol. The van der Waals surface area contributed by atoms with Gasteiger partial charge in [-0.25, -0.2) is 4.39 Å². The van der Waals surface area contributed by atoms with Gasteiger partial charge in [0.2, 0.25) is 0 Å². The van der Waals surface area contributed by atoms with Gasteiger partial charge < -0.3 is 10.1 Å². The summed E-state index contributed by atoms with van der Waals surface area (Å²) in [6, 6.07) is 11.5. The number of hydrogen-bond acceptors (Lipinski definition) is 3. The maximum atomic E-state index is 13.4. The molecule has 0 saturated carbocycles. The lowest BCUT2D eigenvalue weighted by Gasteiger charge is -2.09. The van der Waals surface area contributed by atoms with E-state index in [0.717, 1.165) is 0 Å². The largest absolute Gasteiger partial charge is 0.484 e.